The summed E-state index contributed by atoms with van der Waals surface area (Å²) in [5.74, 6) is -0.281. The molecule has 1 radical (unpaired) electrons. The third-order valence-electron chi connectivity index (χ3n) is 3.52. The molecule has 2 aromatic rings. The van der Waals surface area contributed by atoms with Crippen LogP contribution >= 0.6 is 0 Å². The van der Waals surface area contributed by atoms with Crippen molar-refractivity contribution in [2.75, 3.05) is 0 Å². The Labute approximate surface area is 145 Å². The summed E-state index contributed by atoms with van der Waals surface area (Å²) in [5.41, 5.74) is -0.284. The fourth-order valence-electron chi connectivity index (χ4n) is 2.29. The summed E-state index contributed by atoms with van der Waals surface area (Å²) in [4.78, 5) is 27.8. The minimum Gasteiger partial charge on any atom is -0.490 e. The van der Waals surface area contributed by atoms with E-state index in [-0.39, 0.29) is 50.2 Å². The Morgan fingerprint density at radius 1 is 1.52 bits per heavy atom. The van der Waals surface area contributed by atoms with Crippen molar-refractivity contribution in [1.29, 1.82) is 0 Å². The van der Waals surface area contributed by atoms with Crippen LogP contribution in [0.15, 0.2) is 11.1 Å². The van der Waals surface area contributed by atoms with Crippen molar-refractivity contribution in [2.45, 2.75) is 25.9 Å². The van der Waals surface area contributed by atoms with Crippen LogP contribution in [-0.2, 0) is 44.5 Å². The summed E-state index contributed by atoms with van der Waals surface area (Å²) in [6.45, 7) is 2.03. The number of aromatic nitrogens is 5. The summed E-state index contributed by atoms with van der Waals surface area (Å²) < 4.78 is 7.64. The first kappa shape index (κ1) is 16.2. The van der Waals surface area contributed by atoms with Crippen molar-refractivity contribution in [2.24, 2.45) is 13.0 Å². The topological polar surface area (TPSA) is 91.4 Å². The van der Waals surface area contributed by atoms with Gasteiger partial charge in [0.1, 0.15) is 6.33 Å². The minimum atomic E-state index is -0.579. The van der Waals surface area contributed by atoms with E-state index in [9.17, 15) is 9.59 Å². The zero-order valence-corrected chi connectivity index (χ0v) is 14.6. The smallest absolute Gasteiger partial charge is 0.358 e. The van der Waals surface area contributed by atoms with Gasteiger partial charge in [0.15, 0.2) is 11.3 Å². The molecule has 0 aromatic carbocycles. The molecular formula is C12H14N5O3Y-. The van der Waals surface area contributed by atoms with E-state index in [2.05, 4.69) is 15.3 Å². The van der Waals surface area contributed by atoms with E-state index in [4.69, 9.17) is 4.74 Å². The van der Waals surface area contributed by atoms with Gasteiger partial charge in [0.05, 0.1) is 0 Å². The third-order valence-corrected chi connectivity index (χ3v) is 3.52. The zero-order chi connectivity index (χ0) is 14.3. The van der Waals surface area contributed by atoms with Crippen LogP contribution in [0.4, 0.5) is 0 Å². The van der Waals surface area contributed by atoms with E-state index in [0.29, 0.717) is 5.92 Å². The molecule has 0 saturated heterocycles. The molecule has 2 atom stereocenters. The molecule has 2 aromatic heterocycles. The molecule has 109 valence electrons. The zero-order valence-electron chi connectivity index (χ0n) is 11.8. The summed E-state index contributed by atoms with van der Waals surface area (Å²) in [5, 5.41) is 7.47. The van der Waals surface area contributed by atoms with Gasteiger partial charge in [-0.3, -0.25) is 6.42 Å². The molecule has 0 bridgehead atoms. The number of carbonyl (C=O) groups excluding carboxylic acids is 1. The van der Waals surface area contributed by atoms with Gasteiger partial charge in [-0.2, -0.15) is 11.1 Å². The summed E-state index contributed by atoms with van der Waals surface area (Å²) in [6, 6.07) is 0. The minimum absolute atomic E-state index is 0. The van der Waals surface area contributed by atoms with Gasteiger partial charge in [0.2, 0.25) is 0 Å². The van der Waals surface area contributed by atoms with Gasteiger partial charge < -0.3 is 4.74 Å². The fourth-order valence-corrected chi connectivity index (χ4v) is 2.29. The number of esters is 1. The van der Waals surface area contributed by atoms with Crippen molar-refractivity contribution in [1.82, 2.24) is 24.4 Å². The number of fused-ring (bicyclic) bond motifs is 1. The Kier molecular flexibility index (Phi) is 4.88. The molecule has 1 fully saturated rings. The van der Waals surface area contributed by atoms with Gasteiger partial charge in [-0.15, -0.1) is 5.10 Å². The van der Waals surface area contributed by atoms with Crippen molar-refractivity contribution in [3.8, 4) is 0 Å². The average Bonchev–Trinajstić information content (AvgIpc) is 3.01. The molecular weight excluding hydrogens is 351 g/mol. The first-order valence-electron chi connectivity index (χ1n) is 6.39. The van der Waals surface area contributed by atoms with Gasteiger partial charge in [-0.05, 0) is 12.0 Å². The van der Waals surface area contributed by atoms with E-state index in [0.717, 1.165) is 17.5 Å². The number of rotatable bonds is 2. The number of imidazole rings is 1. The molecule has 0 amide bonds. The quantitative estimate of drug-likeness (QED) is 0.549. The number of nitrogens with zero attached hydrogens (tertiary/aromatic N) is 5. The van der Waals surface area contributed by atoms with Crippen LogP contribution in [0.3, 0.4) is 0 Å². The van der Waals surface area contributed by atoms with Gasteiger partial charge in [0, 0.05) is 39.8 Å². The maximum absolute atomic E-state index is 12.1. The summed E-state index contributed by atoms with van der Waals surface area (Å²) >= 11 is 0. The number of ether oxygens (including phenoxy) is 1. The third kappa shape index (κ3) is 2.92. The molecule has 0 N–H and O–H groups in total. The molecule has 0 spiro atoms. The predicted molar refractivity (Wildman–Crippen MR) is 67.9 cm³/mol. The van der Waals surface area contributed by atoms with E-state index in [1.807, 2.05) is 13.3 Å². The molecule has 9 heteroatoms. The van der Waals surface area contributed by atoms with Gasteiger partial charge in [-0.25, -0.2) is 19.0 Å². The first-order chi connectivity index (χ1) is 9.58. The van der Waals surface area contributed by atoms with Crippen LogP contribution in [0, 0.1) is 12.3 Å². The second-order valence-electron chi connectivity index (χ2n) is 4.94. The van der Waals surface area contributed by atoms with Gasteiger partial charge >= 0.3 is 11.7 Å². The largest absolute Gasteiger partial charge is 0.490 e. The molecule has 1 saturated carbocycles. The molecule has 2 unspecified atom stereocenters. The van der Waals surface area contributed by atoms with E-state index < -0.39 is 11.7 Å². The van der Waals surface area contributed by atoms with Crippen LogP contribution in [0.1, 0.15) is 30.3 Å². The van der Waals surface area contributed by atoms with Crippen LogP contribution in [0.25, 0.3) is 5.65 Å². The van der Waals surface area contributed by atoms with Gasteiger partial charge in [-0.1, -0.05) is 18.6 Å². The number of hydrogen-bond acceptors (Lipinski definition) is 6. The normalized spacial score (nSPS) is 21.2. The van der Waals surface area contributed by atoms with Crippen molar-refractivity contribution in [3.63, 3.8) is 0 Å². The SMILES string of the molecule is CC1CC[CH-]C1OC(=O)c1ncn2c(=O)n(C)nnc12.[Y]. The summed E-state index contributed by atoms with van der Waals surface area (Å²) in [6.07, 6.45) is 4.96. The molecule has 1 aliphatic carbocycles. The number of aryl methyl sites for hydroxylation is 1. The maximum atomic E-state index is 12.1. The van der Waals surface area contributed by atoms with Gasteiger partial charge in [0.25, 0.3) is 0 Å². The Balaban J connectivity index is 0.00000161. The fraction of sp³-hybridized carbons (Fsp3) is 0.500. The Morgan fingerprint density at radius 3 is 2.95 bits per heavy atom. The van der Waals surface area contributed by atoms with Crippen LogP contribution in [0.5, 0.6) is 0 Å². The molecule has 8 nitrogen and oxygen atoms in total. The van der Waals surface area contributed by atoms with Crippen molar-refractivity contribution in [3.05, 3.63) is 28.9 Å². The Bertz CT molecular complexity index is 725. The second-order valence-corrected chi connectivity index (χ2v) is 4.94. The Morgan fingerprint density at radius 2 is 2.29 bits per heavy atom. The van der Waals surface area contributed by atoms with E-state index >= 15 is 0 Å². The van der Waals surface area contributed by atoms with Crippen LogP contribution in [0.2, 0.25) is 0 Å². The molecule has 1 aliphatic rings. The number of carbonyl (C=O) groups is 1. The monoisotopic (exact) mass is 365 g/mol. The van der Waals surface area contributed by atoms with Crippen LogP contribution in [-0.4, -0.2) is 36.5 Å². The molecule has 2 heterocycles. The van der Waals surface area contributed by atoms with Crippen LogP contribution < -0.4 is 5.69 Å². The Hall–Kier alpha value is -1.15. The predicted octanol–water partition coefficient (Wildman–Crippen LogP) is -0.0199. The van der Waals surface area contributed by atoms with Crippen molar-refractivity contribution < 1.29 is 42.2 Å². The summed E-state index contributed by atoms with van der Waals surface area (Å²) in [7, 11) is 1.47. The standard InChI is InChI=1S/C12H14N5O3.Y/c1-7-4-3-5-8(7)20-11(18)9-10-14-15-16(2)12(19)17(10)6-13-9;/h5-8H,3-4H2,1-2H3;/q-1;. The molecule has 3 rings (SSSR count). The van der Waals surface area contributed by atoms with E-state index in [1.165, 1.54) is 17.8 Å². The van der Waals surface area contributed by atoms with Crippen molar-refractivity contribution >= 4 is 11.6 Å². The first-order valence-corrected chi connectivity index (χ1v) is 6.39. The molecule has 0 aliphatic heterocycles. The second kappa shape index (κ2) is 6.31. The average molecular weight is 365 g/mol. The molecule has 21 heavy (non-hydrogen) atoms. The van der Waals surface area contributed by atoms with E-state index in [1.54, 1.807) is 0 Å². The maximum Gasteiger partial charge on any atom is 0.358 e. The number of hydrogen-bond donors (Lipinski definition) is 0.